The van der Waals surface area contributed by atoms with Crippen LogP contribution in [-0.4, -0.2) is 29.5 Å². The van der Waals surface area contributed by atoms with Crippen LogP contribution in [-0.2, 0) is 4.79 Å². The molecule has 0 aromatic carbocycles. The summed E-state index contributed by atoms with van der Waals surface area (Å²) >= 11 is 1.59. The largest absolute Gasteiger partial charge is 0.355 e. The second-order valence-electron chi connectivity index (χ2n) is 5.01. The smallest absolute Gasteiger partial charge is 0.229 e. The number of thioether (sulfide) groups is 1. The van der Waals surface area contributed by atoms with Crippen molar-refractivity contribution in [2.24, 2.45) is 11.7 Å². The number of nitrogens with one attached hydrogen (secondary N) is 1. The molecule has 0 fully saturated rings. The molecular formula is C11H24N2OS. The molecule has 0 saturated carbocycles. The SMILES string of the molecule is CC(C)CCNC(=O)CSCC(C)(C)N. The maximum atomic E-state index is 11.3. The molecule has 0 rings (SSSR count). The summed E-state index contributed by atoms with van der Waals surface area (Å²) < 4.78 is 0. The molecule has 0 aliphatic rings. The van der Waals surface area contributed by atoms with Gasteiger partial charge in [0.1, 0.15) is 0 Å². The molecule has 3 N–H and O–H groups in total. The molecule has 0 radical (unpaired) electrons. The van der Waals surface area contributed by atoms with Gasteiger partial charge in [0.05, 0.1) is 5.75 Å². The zero-order valence-corrected chi connectivity index (χ0v) is 11.1. The van der Waals surface area contributed by atoms with E-state index in [1.54, 1.807) is 11.8 Å². The molecule has 0 aliphatic carbocycles. The molecule has 0 bridgehead atoms. The number of carbonyl (C=O) groups is 1. The van der Waals surface area contributed by atoms with Crippen LogP contribution in [0.2, 0.25) is 0 Å². The summed E-state index contributed by atoms with van der Waals surface area (Å²) in [7, 11) is 0. The molecule has 0 heterocycles. The fourth-order valence-corrected chi connectivity index (χ4v) is 1.87. The van der Waals surface area contributed by atoms with Crippen LogP contribution >= 0.6 is 11.8 Å². The zero-order chi connectivity index (χ0) is 11.9. The summed E-state index contributed by atoms with van der Waals surface area (Å²) in [4.78, 5) is 11.3. The lowest BCUT2D eigenvalue weighted by Crippen LogP contribution is -2.35. The summed E-state index contributed by atoms with van der Waals surface area (Å²) in [6.45, 7) is 9.02. The maximum absolute atomic E-state index is 11.3. The lowest BCUT2D eigenvalue weighted by Gasteiger charge is -2.17. The third-order valence-corrected chi connectivity index (χ3v) is 3.17. The van der Waals surface area contributed by atoms with E-state index in [1.165, 1.54) is 0 Å². The molecule has 3 nitrogen and oxygen atoms in total. The highest BCUT2D eigenvalue weighted by molar-refractivity contribution is 8.00. The van der Waals surface area contributed by atoms with Gasteiger partial charge >= 0.3 is 0 Å². The van der Waals surface area contributed by atoms with E-state index in [0.717, 1.165) is 18.7 Å². The van der Waals surface area contributed by atoms with Gasteiger partial charge in [-0.25, -0.2) is 0 Å². The average molecular weight is 232 g/mol. The standard InChI is InChI=1S/C11H24N2OS/c1-9(2)5-6-13-10(14)7-15-8-11(3,4)12/h9H,5-8,12H2,1-4H3,(H,13,14). The minimum atomic E-state index is -0.192. The van der Waals surface area contributed by atoms with Gasteiger partial charge in [-0.15, -0.1) is 0 Å². The summed E-state index contributed by atoms with van der Waals surface area (Å²) in [6, 6.07) is 0. The van der Waals surface area contributed by atoms with Gasteiger partial charge < -0.3 is 11.1 Å². The monoisotopic (exact) mass is 232 g/mol. The molecule has 0 unspecified atom stereocenters. The van der Waals surface area contributed by atoms with Crippen molar-refractivity contribution in [1.82, 2.24) is 5.32 Å². The molecule has 4 heteroatoms. The minimum Gasteiger partial charge on any atom is -0.355 e. The van der Waals surface area contributed by atoms with Crippen LogP contribution in [0.15, 0.2) is 0 Å². The van der Waals surface area contributed by atoms with Gasteiger partial charge in [-0.2, -0.15) is 11.8 Å². The van der Waals surface area contributed by atoms with Gasteiger partial charge in [-0.1, -0.05) is 13.8 Å². The first-order chi connectivity index (χ1) is 6.81. The number of nitrogens with two attached hydrogens (primary N) is 1. The quantitative estimate of drug-likeness (QED) is 0.701. The first-order valence-electron chi connectivity index (χ1n) is 5.44. The second kappa shape index (κ2) is 7.12. The predicted octanol–water partition coefficient (Wildman–Crippen LogP) is 1.62. The van der Waals surface area contributed by atoms with Gasteiger partial charge in [0, 0.05) is 17.8 Å². The van der Waals surface area contributed by atoms with Gasteiger partial charge in [0.2, 0.25) is 5.91 Å². The molecule has 0 aliphatic heterocycles. The number of hydrogen-bond acceptors (Lipinski definition) is 3. The van der Waals surface area contributed by atoms with E-state index in [1.807, 2.05) is 13.8 Å². The Labute approximate surface area is 97.6 Å². The van der Waals surface area contributed by atoms with Gasteiger partial charge in [0.15, 0.2) is 0 Å². The van der Waals surface area contributed by atoms with E-state index in [4.69, 9.17) is 5.73 Å². The minimum absolute atomic E-state index is 0.116. The summed E-state index contributed by atoms with van der Waals surface area (Å²) in [5.41, 5.74) is 5.62. The van der Waals surface area contributed by atoms with Crippen molar-refractivity contribution < 1.29 is 4.79 Å². The normalized spacial score (nSPS) is 11.9. The Morgan fingerprint density at radius 2 is 2.07 bits per heavy atom. The van der Waals surface area contributed by atoms with E-state index in [-0.39, 0.29) is 11.4 Å². The van der Waals surface area contributed by atoms with Gasteiger partial charge in [-0.05, 0) is 26.2 Å². The lowest BCUT2D eigenvalue weighted by atomic mass is 10.1. The molecule has 0 aromatic heterocycles. The number of amides is 1. The third-order valence-electron chi connectivity index (χ3n) is 1.75. The van der Waals surface area contributed by atoms with Crippen molar-refractivity contribution in [1.29, 1.82) is 0 Å². The van der Waals surface area contributed by atoms with E-state index in [9.17, 15) is 4.79 Å². The highest BCUT2D eigenvalue weighted by Gasteiger charge is 2.11. The number of carbonyl (C=O) groups excluding carboxylic acids is 1. The molecule has 0 atom stereocenters. The van der Waals surface area contributed by atoms with Crippen LogP contribution in [0.25, 0.3) is 0 Å². The maximum Gasteiger partial charge on any atom is 0.229 e. The molecule has 1 amide bonds. The topological polar surface area (TPSA) is 55.1 Å². The molecule has 0 spiro atoms. The van der Waals surface area contributed by atoms with Crippen molar-refractivity contribution in [3.63, 3.8) is 0 Å². The van der Waals surface area contributed by atoms with Crippen molar-refractivity contribution in [2.45, 2.75) is 39.7 Å². The fraction of sp³-hybridized carbons (Fsp3) is 0.909. The predicted molar refractivity (Wildman–Crippen MR) is 68.1 cm³/mol. The van der Waals surface area contributed by atoms with Gasteiger partial charge in [0.25, 0.3) is 0 Å². The van der Waals surface area contributed by atoms with Crippen LogP contribution < -0.4 is 11.1 Å². The van der Waals surface area contributed by atoms with Crippen molar-refractivity contribution in [3.05, 3.63) is 0 Å². The van der Waals surface area contributed by atoms with E-state index in [0.29, 0.717) is 11.7 Å². The van der Waals surface area contributed by atoms with Crippen molar-refractivity contribution in [3.8, 4) is 0 Å². The lowest BCUT2D eigenvalue weighted by molar-refractivity contribution is -0.118. The third kappa shape index (κ3) is 11.7. The first kappa shape index (κ1) is 14.8. The van der Waals surface area contributed by atoms with E-state index in [2.05, 4.69) is 19.2 Å². The average Bonchev–Trinajstić information content (AvgIpc) is 2.00. The van der Waals surface area contributed by atoms with Crippen LogP contribution in [0.4, 0.5) is 0 Å². The van der Waals surface area contributed by atoms with Crippen LogP contribution in [0.3, 0.4) is 0 Å². The fourth-order valence-electron chi connectivity index (χ4n) is 0.958. The van der Waals surface area contributed by atoms with Crippen molar-refractivity contribution >= 4 is 17.7 Å². The molecule has 15 heavy (non-hydrogen) atoms. The Balaban J connectivity index is 3.42. The molecule has 0 aromatic rings. The molecule has 90 valence electrons. The Bertz CT molecular complexity index is 188. The first-order valence-corrected chi connectivity index (χ1v) is 6.60. The summed E-state index contributed by atoms with van der Waals surface area (Å²) in [6.07, 6.45) is 1.04. The Morgan fingerprint density at radius 1 is 1.47 bits per heavy atom. The Hall–Kier alpha value is -0.220. The number of hydrogen-bond donors (Lipinski definition) is 2. The van der Waals surface area contributed by atoms with E-state index >= 15 is 0 Å². The van der Waals surface area contributed by atoms with Gasteiger partial charge in [-0.3, -0.25) is 4.79 Å². The van der Waals surface area contributed by atoms with Crippen LogP contribution in [0.5, 0.6) is 0 Å². The van der Waals surface area contributed by atoms with Crippen LogP contribution in [0.1, 0.15) is 34.1 Å². The van der Waals surface area contributed by atoms with Crippen LogP contribution in [0, 0.1) is 5.92 Å². The number of rotatable bonds is 7. The summed E-state index contributed by atoms with van der Waals surface area (Å²) in [5, 5.41) is 2.90. The van der Waals surface area contributed by atoms with E-state index < -0.39 is 0 Å². The summed E-state index contributed by atoms with van der Waals surface area (Å²) in [5.74, 6) is 2.08. The Morgan fingerprint density at radius 3 is 2.53 bits per heavy atom. The molecule has 0 saturated heterocycles. The Kier molecular flexibility index (Phi) is 7.02. The highest BCUT2D eigenvalue weighted by Crippen LogP contribution is 2.09. The zero-order valence-electron chi connectivity index (χ0n) is 10.3. The second-order valence-corrected chi connectivity index (χ2v) is 6.00. The molecular weight excluding hydrogens is 208 g/mol. The van der Waals surface area contributed by atoms with Crippen molar-refractivity contribution in [2.75, 3.05) is 18.1 Å². The highest BCUT2D eigenvalue weighted by atomic mass is 32.2.